The van der Waals surface area contributed by atoms with Crippen LogP contribution in [0.2, 0.25) is 0 Å². The number of nitrogens with zero attached hydrogens (tertiary/aromatic N) is 3. The summed E-state index contributed by atoms with van der Waals surface area (Å²) in [4.78, 5) is 14.0. The van der Waals surface area contributed by atoms with Crippen molar-refractivity contribution in [3.63, 3.8) is 0 Å². The lowest BCUT2D eigenvalue weighted by Gasteiger charge is -2.17. The number of carbonyl (C=O) groups excluding carboxylic acids is 1. The summed E-state index contributed by atoms with van der Waals surface area (Å²) >= 11 is 0. The highest BCUT2D eigenvalue weighted by Crippen LogP contribution is 2.18. The van der Waals surface area contributed by atoms with E-state index in [0.29, 0.717) is 24.7 Å². The summed E-state index contributed by atoms with van der Waals surface area (Å²) in [7, 11) is 1.60. The predicted octanol–water partition coefficient (Wildman–Crippen LogP) is 1.54. The van der Waals surface area contributed by atoms with Crippen LogP contribution in [0.5, 0.6) is 17.4 Å². The number of ether oxygens (including phenoxy) is 3. The van der Waals surface area contributed by atoms with E-state index in [0.717, 1.165) is 12.2 Å². The molecule has 24 heavy (non-hydrogen) atoms. The molecule has 1 aliphatic rings. The van der Waals surface area contributed by atoms with Crippen molar-refractivity contribution in [2.24, 2.45) is 0 Å². The smallest absolute Gasteiger partial charge is 0.260 e. The van der Waals surface area contributed by atoms with Gasteiger partial charge in [-0.2, -0.15) is 5.10 Å². The van der Waals surface area contributed by atoms with Crippen LogP contribution < -0.4 is 14.2 Å². The van der Waals surface area contributed by atoms with Gasteiger partial charge in [0.1, 0.15) is 17.6 Å². The number of likely N-dealkylation sites (tertiary alicyclic amines) is 1. The zero-order valence-corrected chi connectivity index (χ0v) is 13.4. The maximum absolute atomic E-state index is 12.2. The van der Waals surface area contributed by atoms with Crippen molar-refractivity contribution < 1.29 is 19.0 Å². The van der Waals surface area contributed by atoms with Crippen molar-refractivity contribution in [2.75, 3.05) is 26.8 Å². The largest absolute Gasteiger partial charge is 0.497 e. The van der Waals surface area contributed by atoms with Crippen LogP contribution in [0.15, 0.2) is 42.6 Å². The number of carbonyl (C=O) groups is 1. The van der Waals surface area contributed by atoms with Crippen LogP contribution in [-0.4, -0.2) is 53.9 Å². The van der Waals surface area contributed by atoms with Gasteiger partial charge in [-0.05, 0) is 30.3 Å². The molecule has 0 N–H and O–H groups in total. The number of methoxy groups -OCH3 is 1. The molecular weight excluding hydrogens is 310 g/mol. The molecule has 1 saturated heterocycles. The molecule has 2 aromatic rings. The number of benzene rings is 1. The Morgan fingerprint density at radius 2 is 2.04 bits per heavy atom. The average molecular weight is 329 g/mol. The van der Waals surface area contributed by atoms with Crippen LogP contribution in [0.3, 0.4) is 0 Å². The van der Waals surface area contributed by atoms with E-state index < -0.39 is 0 Å². The number of rotatable bonds is 6. The SMILES string of the molecule is COc1ccc(OCC(=O)N2CCC(Oc3cccnn3)C2)cc1. The van der Waals surface area contributed by atoms with Crippen LogP contribution >= 0.6 is 0 Å². The van der Waals surface area contributed by atoms with Crippen LogP contribution in [0.1, 0.15) is 6.42 Å². The van der Waals surface area contributed by atoms with Crippen molar-refractivity contribution in [3.05, 3.63) is 42.6 Å². The topological polar surface area (TPSA) is 73.8 Å². The van der Waals surface area contributed by atoms with Gasteiger partial charge in [-0.25, -0.2) is 0 Å². The quantitative estimate of drug-likeness (QED) is 0.800. The van der Waals surface area contributed by atoms with Gasteiger partial charge >= 0.3 is 0 Å². The third-order valence-corrected chi connectivity index (χ3v) is 3.75. The van der Waals surface area contributed by atoms with Gasteiger partial charge in [-0.1, -0.05) is 0 Å². The Morgan fingerprint density at radius 1 is 1.25 bits per heavy atom. The van der Waals surface area contributed by atoms with Gasteiger partial charge in [0.15, 0.2) is 6.61 Å². The van der Waals surface area contributed by atoms with E-state index in [1.54, 1.807) is 54.6 Å². The standard InChI is InChI=1S/C17H19N3O4/c1-22-13-4-6-14(7-5-13)23-12-17(21)20-10-8-15(11-20)24-16-3-2-9-18-19-16/h2-7,9,15H,8,10-12H2,1H3. The summed E-state index contributed by atoms with van der Waals surface area (Å²) in [6.07, 6.45) is 2.30. The van der Waals surface area contributed by atoms with E-state index in [1.165, 1.54) is 0 Å². The first-order chi connectivity index (χ1) is 11.7. The van der Waals surface area contributed by atoms with E-state index in [1.807, 2.05) is 0 Å². The Balaban J connectivity index is 1.45. The van der Waals surface area contributed by atoms with E-state index >= 15 is 0 Å². The summed E-state index contributed by atoms with van der Waals surface area (Å²) in [6, 6.07) is 10.7. The molecule has 1 unspecified atom stereocenters. The molecule has 0 spiro atoms. The Bertz CT molecular complexity index is 663. The minimum atomic E-state index is -0.0633. The fourth-order valence-corrected chi connectivity index (χ4v) is 2.48. The Hall–Kier alpha value is -2.83. The molecule has 1 fully saturated rings. The fraction of sp³-hybridized carbons (Fsp3) is 0.353. The van der Waals surface area contributed by atoms with Gasteiger partial charge in [-0.3, -0.25) is 4.79 Å². The molecule has 0 bridgehead atoms. The van der Waals surface area contributed by atoms with Gasteiger partial charge < -0.3 is 19.1 Å². The van der Waals surface area contributed by atoms with Crippen LogP contribution in [0.25, 0.3) is 0 Å². The Labute approximate surface area is 140 Å². The fourth-order valence-electron chi connectivity index (χ4n) is 2.48. The first-order valence-electron chi connectivity index (χ1n) is 7.73. The summed E-state index contributed by atoms with van der Waals surface area (Å²) in [6.45, 7) is 1.18. The second-order valence-corrected chi connectivity index (χ2v) is 5.39. The number of hydrogen-bond acceptors (Lipinski definition) is 6. The number of hydrogen-bond donors (Lipinski definition) is 0. The van der Waals surface area contributed by atoms with Gasteiger partial charge in [0.2, 0.25) is 5.88 Å². The third kappa shape index (κ3) is 4.13. The highest BCUT2D eigenvalue weighted by molar-refractivity contribution is 5.78. The normalized spacial score (nSPS) is 16.7. The minimum Gasteiger partial charge on any atom is -0.497 e. The van der Waals surface area contributed by atoms with E-state index in [4.69, 9.17) is 14.2 Å². The average Bonchev–Trinajstić information content (AvgIpc) is 3.09. The Kier molecular flexibility index (Phi) is 5.10. The summed E-state index contributed by atoms with van der Waals surface area (Å²) in [5, 5.41) is 7.66. The first-order valence-corrected chi connectivity index (χ1v) is 7.73. The zero-order chi connectivity index (χ0) is 16.8. The van der Waals surface area contributed by atoms with E-state index in [2.05, 4.69) is 10.2 Å². The lowest BCUT2D eigenvalue weighted by molar-refractivity contribution is -0.132. The summed E-state index contributed by atoms with van der Waals surface area (Å²) in [5.74, 6) is 1.80. The molecule has 1 atom stereocenters. The first kappa shape index (κ1) is 16.0. The van der Waals surface area contributed by atoms with Crippen LogP contribution in [0.4, 0.5) is 0 Å². The molecule has 1 aromatic carbocycles. The molecule has 0 aliphatic carbocycles. The maximum Gasteiger partial charge on any atom is 0.260 e. The predicted molar refractivity (Wildman–Crippen MR) is 86.1 cm³/mol. The molecule has 0 saturated carbocycles. The van der Waals surface area contributed by atoms with E-state index in [9.17, 15) is 4.79 Å². The van der Waals surface area contributed by atoms with Crippen molar-refractivity contribution in [1.29, 1.82) is 0 Å². The lowest BCUT2D eigenvalue weighted by Crippen LogP contribution is -2.34. The molecule has 2 heterocycles. The molecule has 1 aromatic heterocycles. The van der Waals surface area contributed by atoms with Gasteiger partial charge in [0, 0.05) is 25.2 Å². The van der Waals surface area contributed by atoms with Crippen molar-refractivity contribution in [1.82, 2.24) is 15.1 Å². The maximum atomic E-state index is 12.2. The lowest BCUT2D eigenvalue weighted by atomic mass is 10.3. The zero-order valence-electron chi connectivity index (χ0n) is 13.4. The summed E-state index contributed by atoms with van der Waals surface area (Å²) < 4.78 is 16.3. The van der Waals surface area contributed by atoms with Crippen molar-refractivity contribution in [2.45, 2.75) is 12.5 Å². The molecule has 0 radical (unpaired) electrons. The third-order valence-electron chi connectivity index (χ3n) is 3.75. The van der Waals surface area contributed by atoms with Crippen molar-refractivity contribution in [3.8, 4) is 17.4 Å². The van der Waals surface area contributed by atoms with E-state index in [-0.39, 0.29) is 18.6 Å². The van der Waals surface area contributed by atoms with Crippen LogP contribution in [0, 0.1) is 0 Å². The monoisotopic (exact) mass is 329 g/mol. The van der Waals surface area contributed by atoms with Gasteiger partial charge in [0.05, 0.1) is 13.7 Å². The molecular formula is C17H19N3O4. The minimum absolute atomic E-state index is 0.00416. The second-order valence-electron chi connectivity index (χ2n) is 5.39. The molecule has 7 nitrogen and oxygen atoms in total. The molecule has 1 amide bonds. The van der Waals surface area contributed by atoms with Gasteiger partial charge in [0.25, 0.3) is 5.91 Å². The highest BCUT2D eigenvalue weighted by Gasteiger charge is 2.28. The van der Waals surface area contributed by atoms with Crippen LogP contribution in [-0.2, 0) is 4.79 Å². The molecule has 7 heteroatoms. The highest BCUT2D eigenvalue weighted by atomic mass is 16.5. The Morgan fingerprint density at radius 3 is 2.75 bits per heavy atom. The van der Waals surface area contributed by atoms with Crippen molar-refractivity contribution >= 4 is 5.91 Å². The second kappa shape index (κ2) is 7.63. The molecule has 3 rings (SSSR count). The summed E-state index contributed by atoms with van der Waals surface area (Å²) in [5.41, 5.74) is 0. The van der Waals surface area contributed by atoms with Gasteiger partial charge in [-0.15, -0.1) is 5.10 Å². The number of aromatic nitrogens is 2. The molecule has 1 aliphatic heterocycles. The molecule has 126 valence electrons. The number of amides is 1.